The third kappa shape index (κ3) is 3.09. The second-order valence-corrected chi connectivity index (χ2v) is 6.95. The molecule has 1 fully saturated rings. The molecule has 2 aromatic rings. The van der Waals surface area contributed by atoms with Crippen molar-refractivity contribution >= 4 is 23.1 Å². The first-order valence-electron chi connectivity index (χ1n) is 7.94. The summed E-state index contributed by atoms with van der Waals surface area (Å²) >= 11 is 1.78. The zero-order valence-electron chi connectivity index (χ0n) is 12.8. The van der Waals surface area contributed by atoms with E-state index >= 15 is 0 Å². The Morgan fingerprint density at radius 2 is 2.13 bits per heavy atom. The van der Waals surface area contributed by atoms with Crippen LogP contribution in [0.5, 0.6) is 0 Å². The molecule has 3 heterocycles. The van der Waals surface area contributed by atoms with E-state index in [1.165, 1.54) is 10.4 Å². The largest absolute Gasteiger partial charge is 0.378 e. The van der Waals surface area contributed by atoms with Crippen LogP contribution in [0.25, 0.3) is 0 Å². The molecule has 120 valence electrons. The fourth-order valence-corrected chi connectivity index (χ4v) is 4.16. The van der Waals surface area contributed by atoms with E-state index < -0.39 is 0 Å². The highest BCUT2D eigenvalue weighted by molar-refractivity contribution is 7.10. The van der Waals surface area contributed by atoms with E-state index in [0.29, 0.717) is 5.56 Å². The van der Waals surface area contributed by atoms with Crippen LogP contribution in [-0.2, 0) is 17.6 Å². The maximum Gasteiger partial charge on any atom is 0.253 e. The molecule has 4 rings (SSSR count). The summed E-state index contributed by atoms with van der Waals surface area (Å²) in [4.78, 5) is 20.4. The maximum absolute atomic E-state index is 12.4. The van der Waals surface area contributed by atoms with E-state index in [1.807, 2.05) is 12.1 Å². The van der Waals surface area contributed by atoms with Crippen LogP contribution < -0.4 is 10.2 Å². The molecule has 1 aliphatic heterocycles. The standard InChI is InChI=1S/C17H19N3O2S/c21-17(19-14-9-12-3-8-23-15(12)10-14)13-1-2-16(18-11-13)20-4-6-22-7-5-20/h1-3,8,11,14H,4-7,9-10H2,(H,19,21). The molecule has 0 aromatic carbocycles. The molecule has 6 heteroatoms. The van der Waals surface area contributed by atoms with Gasteiger partial charge in [0.15, 0.2) is 0 Å². The molecule has 1 atom stereocenters. The van der Waals surface area contributed by atoms with E-state index in [2.05, 4.69) is 26.6 Å². The normalized spacial score (nSPS) is 20.3. The van der Waals surface area contributed by atoms with Crippen LogP contribution in [-0.4, -0.2) is 43.2 Å². The number of amides is 1. The number of hydrogen-bond donors (Lipinski definition) is 1. The van der Waals surface area contributed by atoms with Gasteiger partial charge >= 0.3 is 0 Å². The summed E-state index contributed by atoms with van der Waals surface area (Å²) in [6.45, 7) is 3.16. The summed E-state index contributed by atoms with van der Waals surface area (Å²) in [6, 6.07) is 6.15. The minimum absolute atomic E-state index is 0.0359. The number of morpholine rings is 1. The van der Waals surface area contributed by atoms with Crippen LogP contribution in [0.4, 0.5) is 5.82 Å². The summed E-state index contributed by atoms with van der Waals surface area (Å²) in [5, 5.41) is 5.24. The van der Waals surface area contributed by atoms with Crippen LogP contribution >= 0.6 is 11.3 Å². The summed E-state index contributed by atoms with van der Waals surface area (Å²) in [6.07, 6.45) is 3.55. The van der Waals surface area contributed by atoms with Crippen molar-refractivity contribution in [3.05, 3.63) is 45.8 Å². The summed E-state index contributed by atoms with van der Waals surface area (Å²) < 4.78 is 5.34. The predicted octanol–water partition coefficient (Wildman–Crippen LogP) is 1.88. The minimum atomic E-state index is -0.0359. The van der Waals surface area contributed by atoms with Gasteiger partial charge in [-0.25, -0.2) is 4.98 Å². The van der Waals surface area contributed by atoms with Gasteiger partial charge in [0.05, 0.1) is 18.8 Å². The highest BCUT2D eigenvalue weighted by Crippen LogP contribution is 2.27. The average Bonchev–Trinajstić information content (AvgIpc) is 3.17. The summed E-state index contributed by atoms with van der Waals surface area (Å²) in [5.41, 5.74) is 2.00. The molecular formula is C17H19N3O2S. The van der Waals surface area contributed by atoms with Crippen LogP contribution in [0.2, 0.25) is 0 Å². The monoisotopic (exact) mass is 329 g/mol. The Morgan fingerprint density at radius 3 is 2.87 bits per heavy atom. The topological polar surface area (TPSA) is 54.5 Å². The number of rotatable bonds is 3. The van der Waals surface area contributed by atoms with Crippen molar-refractivity contribution in [3.63, 3.8) is 0 Å². The number of carbonyl (C=O) groups is 1. The van der Waals surface area contributed by atoms with Crippen molar-refractivity contribution in [2.75, 3.05) is 31.2 Å². The Labute approximate surface area is 139 Å². The predicted molar refractivity (Wildman–Crippen MR) is 90.3 cm³/mol. The van der Waals surface area contributed by atoms with Crippen LogP contribution in [0.3, 0.4) is 0 Å². The SMILES string of the molecule is O=C(NC1Cc2ccsc2C1)c1ccc(N2CCOCC2)nc1. The summed E-state index contributed by atoms with van der Waals surface area (Å²) in [7, 11) is 0. The number of carbonyl (C=O) groups excluding carboxylic acids is 1. The van der Waals surface area contributed by atoms with Gasteiger partial charge in [-0.1, -0.05) is 0 Å². The fourth-order valence-electron chi connectivity index (χ4n) is 3.16. The number of hydrogen-bond acceptors (Lipinski definition) is 5. The Kier molecular flexibility index (Phi) is 4.01. The first-order chi connectivity index (χ1) is 11.3. The lowest BCUT2D eigenvalue weighted by molar-refractivity contribution is 0.0938. The van der Waals surface area contributed by atoms with Crippen molar-refractivity contribution in [2.45, 2.75) is 18.9 Å². The van der Waals surface area contributed by atoms with Crippen molar-refractivity contribution < 1.29 is 9.53 Å². The lowest BCUT2D eigenvalue weighted by Gasteiger charge is -2.27. The average molecular weight is 329 g/mol. The van der Waals surface area contributed by atoms with E-state index in [9.17, 15) is 4.79 Å². The zero-order valence-corrected chi connectivity index (χ0v) is 13.6. The van der Waals surface area contributed by atoms with E-state index in [-0.39, 0.29) is 11.9 Å². The van der Waals surface area contributed by atoms with Crippen molar-refractivity contribution in [1.29, 1.82) is 0 Å². The van der Waals surface area contributed by atoms with Gasteiger partial charge in [0.2, 0.25) is 0 Å². The van der Waals surface area contributed by atoms with Gasteiger partial charge in [0.1, 0.15) is 5.82 Å². The van der Waals surface area contributed by atoms with Gasteiger partial charge in [-0.15, -0.1) is 11.3 Å². The Hall–Kier alpha value is -1.92. The molecule has 23 heavy (non-hydrogen) atoms. The second kappa shape index (κ2) is 6.29. The smallest absolute Gasteiger partial charge is 0.253 e. The number of ether oxygens (including phenoxy) is 1. The van der Waals surface area contributed by atoms with Gasteiger partial charge in [0, 0.05) is 36.6 Å². The molecule has 1 unspecified atom stereocenters. The van der Waals surface area contributed by atoms with Gasteiger partial charge in [-0.05, 0) is 35.6 Å². The van der Waals surface area contributed by atoms with Crippen molar-refractivity contribution in [3.8, 4) is 0 Å². The minimum Gasteiger partial charge on any atom is -0.378 e. The molecule has 1 saturated heterocycles. The quantitative estimate of drug-likeness (QED) is 0.934. The van der Waals surface area contributed by atoms with Gasteiger partial charge in [-0.3, -0.25) is 4.79 Å². The molecule has 0 saturated carbocycles. The highest BCUT2D eigenvalue weighted by Gasteiger charge is 2.24. The number of nitrogens with zero attached hydrogens (tertiary/aromatic N) is 2. The first-order valence-corrected chi connectivity index (χ1v) is 8.82. The van der Waals surface area contributed by atoms with Gasteiger partial charge < -0.3 is 15.0 Å². The zero-order chi connectivity index (χ0) is 15.6. The molecular weight excluding hydrogens is 310 g/mol. The molecule has 2 aromatic heterocycles. The second-order valence-electron chi connectivity index (χ2n) is 5.95. The molecule has 0 bridgehead atoms. The van der Waals surface area contributed by atoms with E-state index in [0.717, 1.165) is 45.0 Å². The number of aromatic nitrogens is 1. The lowest BCUT2D eigenvalue weighted by Crippen LogP contribution is -2.37. The molecule has 0 spiro atoms. The number of pyridine rings is 1. The molecule has 2 aliphatic rings. The van der Waals surface area contributed by atoms with Crippen LogP contribution in [0.15, 0.2) is 29.8 Å². The number of anilines is 1. The molecule has 1 aliphatic carbocycles. The third-order valence-corrected chi connectivity index (χ3v) is 5.40. The number of thiophene rings is 1. The third-order valence-electron chi connectivity index (χ3n) is 4.42. The van der Waals surface area contributed by atoms with Crippen molar-refractivity contribution in [2.24, 2.45) is 0 Å². The number of fused-ring (bicyclic) bond motifs is 1. The Balaban J connectivity index is 1.38. The maximum atomic E-state index is 12.4. The van der Waals surface area contributed by atoms with Gasteiger partial charge in [0.25, 0.3) is 5.91 Å². The van der Waals surface area contributed by atoms with E-state index in [4.69, 9.17) is 4.74 Å². The Bertz CT molecular complexity index is 672. The Morgan fingerprint density at radius 1 is 1.26 bits per heavy atom. The fraction of sp³-hybridized carbons (Fsp3) is 0.412. The lowest BCUT2D eigenvalue weighted by atomic mass is 10.2. The summed E-state index contributed by atoms with van der Waals surface area (Å²) in [5.74, 6) is 0.874. The molecule has 0 radical (unpaired) electrons. The number of nitrogens with one attached hydrogen (secondary N) is 1. The first kappa shape index (κ1) is 14.7. The molecule has 1 amide bonds. The highest BCUT2D eigenvalue weighted by atomic mass is 32.1. The van der Waals surface area contributed by atoms with Crippen LogP contribution in [0.1, 0.15) is 20.8 Å². The van der Waals surface area contributed by atoms with Crippen molar-refractivity contribution in [1.82, 2.24) is 10.3 Å². The molecule has 1 N–H and O–H groups in total. The van der Waals surface area contributed by atoms with E-state index in [1.54, 1.807) is 17.5 Å². The van der Waals surface area contributed by atoms with Gasteiger partial charge in [-0.2, -0.15) is 0 Å². The molecule has 5 nitrogen and oxygen atoms in total. The van der Waals surface area contributed by atoms with Crippen LogP contribution in [0, 0.1) is 0 Å².